The van der Waals surface area contributed by atoms with E-state index in [2.05, 4.69) is 34.0 Å². The Morgan fingerprint density at radius 1 is 1.33 bits per heavy atom. The second-order valence-corrected chi connectivity index (χ2v) is 6.33. The lowest BCUT2D eigenvalue weighted by Crippen LogP contribution is -2.28. The Labute approximate surface area is 137 Å². The number of anilines is 1. The Morgan fingerprint density at radius 3 is 2.83 bits per heavy atom. The van der Waals surface area contributed by atoms with Gasteiger partial charge in [-0.05, 0) is 24.8 Å². The molecule has 0 N–H and O–H groups in total. The molecular weight excluding hydrogens is 321 g/mol. The Kier molecular flexibility index (Phi) is 4.42. The third-order valence-corrected chi connectivity index (χ3v) is 3.95. The molecule has 0 radical (unpaired) electrons. The van der Waals surface area contributed by atoms with E-state index >= 15 is 0 Å². The van der Waals surface area contributed by atoms with Crippen LogP contribution in [0.1, 0.15) is 44.2 Å². The Hall–Kier alpha value is -2.19. The van der Waals surface area contributed by atoms with Crippen molar-refractivity contribution in [3.63, 3.8) is 0 Å². The van der Waals surface area contributed by atoms with Gasteiger partial charge in [-0.15, -0.1) is 10.2 Å². The number of hydrogen-bond acceptors (Lipinski definition) is 5. The van der Waals surface area contributed by atoms with Gasteiger partial charge in [0.1, 0.15) is 12.0 Å². The first kappa shape index (κ1) is 16.7. The summed E-state index contributed by atoms with van der Waals surface area (Å²) in [6.45, 7) is 5.54. The van der Waals surface area contributed by atoms with Crippen molar-refractivity contribution in [3.05, 3.63) is 30.1 Å². The number of hydrogen-bond donors (Lipinski definition) is 0. The second-order valence-electron chi connectivity index (χ2n) is 6.33. The molecule has 0 spiro atoms. The monoisotopic (exact) mass is 340 g/mol. The average Bonchev–Trinajstić information content (AvgIpc) is 3.14. The summed E-state index contributed by atoms with van der Waals surface area (Å²) in [7, 11) is 0. The topological polar surface area (TPSA) is 59.7 Å². The van der Waals surface area contributed by atoms with Gasteiger partial charge in [0.05, 0.1) is 6.04 Å². The molecule has 0 saturated carbocycles. The normalized spacial score (nSPS) is 18.6. The fraction of sp³-hybridized carbons (Fsp3) is 0.600. The number of alkyl halides is 3. The molecular formula is C15H19F3N6. The van der Waals surface area contributed by atoms with Crippen molar-refractivity contribution < 1.29 is 13.2 Å². The van der Waals surface area contributed by atoms with E-state index in [4.69, 9.17) is 0 Å². The quantitative estimate of drug-likeness (QED) is 0.856. The van der Waals surface area contributed by atoms with E-state index in [9.17, 15) is 13.2 Å². The van der Waals surface area contributed by atoms with E-state index < -0.39 is 11.9 Å². The molecule has 1 atom stereocenters. The van der Waals surface area contributed by atoms with Gasteiger partial charge in [-0.2, -0.15) is 13.2 Å². The van der Waals surface area contributed by atoms with Crippen LogP contribution in [0.5, 0.6) is 0 Å². The highest BCUT2D eigenvalue weighted by atomic mass is 19.4. The highest BCUT2D eigenvalue weighted by Crippen LogP contribution is 2.35. The molecule has 0 bridgehead atoms. The van der Waals surface area contributed by atoms with Crippen molar-refractivity contribution in [2.24, 2.45) is 5.92 Å². The van der Waals surface area contributed by atoms with Crippen molar-refractivity contribution in [1.29, 1.82) is 0 Å². The van der Waals surface area contributed by atoms with E-state index in [0.29, 0.717) is 12.5 Å². The molecule has 0 aromatic carbocycles. The summed E-state index contributed by atoms with van der Waals surface area (Å²) in [5.74, 6) is 1.26. The maximum atomic E-state index is 12.9. The van der Waals surface area contributed by atoms with E-state index in [1.54, 1.807) is 11.2 Å². The zero-order valence-electron chi connectivity index (χ0n) is 13.5. The first-order valence-corrected chi connectivity index (χ1v) is 7.91. The van der Waals surface area contributed by atoms with Crippen molar-refractivity contribution in [3.8, 4) is 0 Å². The summed E-state index contributed by atoms with van der Waals surface area (Å²) in [5, 5.41) is 8.16. The van der Waals surface area contributed by atoms with Crippen LogP contribution in [0.2, 0.25) is 0 Å². The third-order valence-electron chi connectivity index (χ3n) is 3.95. The molecule has 24 heavy (non-hydrogen) atoms. The lowest BCUT2D eigenvalue weighted by molar-refractivity contribution is -0.141. The summed E-state index contributed by atoms with van der Waals surface area (Å²) in [5.41, 5.74) is -0.929. The van der Waals surface area contributed by atoms with Gasteiger partial charge in [0, 0.05) is 19.3 Å². The Morgan fingerprint density at radius 2 is 2.12 bits per heavy atom. The molecule has 1 unspecified atom stereocenters. The van der Waals surface area contributed by atoms with Gasteiger partial charge in [-0.25, -0.2) is 9.97 Å². The molecule has 1 aliphatic heterocycles. The van der Waals surface area contributed by atoms with Crippen LogP contribution < -0.4 is 4.90 Å². The molecule has 6 nitrogen and oxygen atoms in total. The summed E-state index contributed by atoms with van der Waals surface area (Å²) >= 11 is 0. The minimum absolute atomic E-state index is 0.0893. The van der Waals surface area contributed by atoms with Crippen LogP contribution in [0.25, 0.3) is 0 Å². The summed E-state index contributed by atoms with van der Waals surface area (Å²) in [6.07, 6.45) is -0.0298. The summed E-state index contributed by atoms with van der Waals surface area (Å²) < 4.78 is 40.7. The van der Waals surface area contributed by atoms with Gasteiger partial charge in [0.25, 0.3) is 0 Å². The fourth-order valence-corrected chi connectivity index (χ4v) is 2.98. The van der Waals surface area contributed by atoms with E-state index in [1.807, 2.05) is 4.57 Å². The van der Waals surface area contributed by atoms with Crippen LogP contribution in [0.4, 0.5) is 19.1 Å². The highest BCUT2D eigenvalue weighted by Gasteiger charge is 2.36. The number of nitrogens with zero attached hydrogens (tertiary/aromatic N) is 6. The lowest BCUT2D eigenvalue weighted by Gasteiger charge is -2.25. The standard InChI is InChI=1S/C15H19F3N6/c1-10(2)8-23-9-20-22-13(23)11-4-3-7-24(11)14-19-6-5-12(21-14)15(16,17)18/h5-6,9-11H,3-4,7-8H2,1-2H3. The molecule has 3 rings (SSSR count). The van der Waals surface area contributed by atoms with Crippen molar-refractivity contribution in [1.82, 2.24) is 24.7 Å². The van der Waals surface area contributed by atoms with Crippen LogP contribution in [0.3, 0.4) is 0 Å². The largest absolute Gasteiger partial charge is 0.433 e. The average molecular weight is 340 g/mol. The van der Waals surface area contributed by atoms with Crippen molar-refractivity contribution >= 4 is 5.95 Å². The van der Waals surface area contributed by atoms with Gasteiger partial charge in [0.2, 0.25) is 5.95 Å². The molecule has 2 aromatic rings. The number of aromatic nitrogens is 5. The zero-order chi connectivity index (χ0) is 17.3. The first-order chi connectivity index (χ1) is 11.4. The highest BCUT2D eigenvalue weighted by molar-refractivity contribution is 5.36. The van der Waals surface area contributed by atoms with Crippen LogP contribution in [0.15, 0.2) is 18.6 Å². The molecule has 9 heteroatoms. The maximum absolute atomic E-state index is 12.9. The molecule has 0 aliphatic carbocycles. The van der Waals surface area contributed by atoms with E-state index in [1.165, 1.54) is 0 Å². The Bertz CT molecular complexity index is 697. The first-order valence-electron chi connectivity index (χ1n) is 7.91. The number of rotatable bonds is 4. The van der Waals surface area contributed by atoms with Gasteiger partial charge >= 0.3 is 6.18 Å². The molecule has 130 valence electrons. The summed E-state index contributed by atoms with van der Waals surface area (Å²) in [6, 6.07) is 0.727. The molecule has 1 fully saturated rings. The van der Waals surface area contributed by atoms with Crippen LogP contribution in [0, 0.1) is 5.92 Å². The van der Waals surface area contributed by atoms with Crippen molar-refractivity contribution in [2.75, 3.05) is 11.4 Å². The van der Waals surface area contributed by atoms with E-state index in [0.717, 1.165) is 37.5 Å². The number of halogens is 3. The van der Waals surface area contributed by atoms with Gasteiger partial charge in [-0.3, -0.25) is 0 Å². The van der Waals surface area contributed by atoms with E-state index in [-0.39, 0.29) is 12.0 Å². The smallest absolute Gasteiger partial charge is 0.331 e. The minimum atomic E-state index is -4.48. The van der Waals surface area contributed by atoms with Crippen LogP contribution in [-0.2, 0) is 12.7 Å². The maximum Gasteiger partial charge on any atom is 0.433 e. The minimum Gasteiger partial charge on any atom is -0.331 e. The molecule has 2 aromatic heterocycles. The third kappa shape index (κ3) is 3.34. The molecule has 3 heterocycles. The summed E-state index contributed by atoms with van der Waals surface area (Å²) in [4.78, 5) is 9.54. The fourth-order valence-electron chi connectivity index (χ4n) is 2.98. The van der Waals surface area contributed by atoms with Crippen LogP contribution >= 0.6 is 0 Å². The Balaban J connectivity index is 1.91. The predicted octanol–water partition coefficient (Wildman–Crippen LogP) is 3.08. The van der Waals surface area contributed by atoms with Crippen LogP contribution in [-0.4, -0.2) is 31.3 Å². The predicted molar refractivity (Wildman–Crippen MR) is 81.2 cm³/mol. The second kappa shape index (κ2) is 6.37. The SMILES string of the molecule is CC(C)Cn1cnnc1C1CCCN1c1nccc(C(F)(F)F)n1. The molecule has 0 amide bonds. The van der Waals surface area contributed by atoms with Gasteiger partial charge < -0.3 is 9.47 Å². The lowest BCUT2D eigenvalue weighted by atomic mass is 10.2. The molecule has 1 saturated heterocycles. The van der Waals surface area contributed by atoms with Gasteiger partial charge in [0.15, 0.2) is 5.82 Å². The zero-order valence-corrected chi connectivity index (χ0v) is 13.5. The molecule has 1 aliphatic rings. The van der Waals surface area contributed by atoms with Gasteiger partial charge in [-0.1, -0.05) is 13.8 Å². The van der Waals surface area contributed by atoms with Crippen molar-refractivity contribution in [2.45, 2.75) is 45.5 Å².